The van der Waals surface area contributed by atoms with Crippen LogP contribution in [0.25, 0.3) is 49.9 Å². The number of nitrogens with zero attached hydrogens (tertiary/aromatic N) is 3. The molecule has 0 bridgehead atoms. The van der Waals surface area contributed by atoms with Crippen molar-refractivity contribution in [2.24, 2.45) is 0 Å². The van der Waals surface area contributed by atoms with Crippen LogP contribution in [0.15, 0.2) is 156 Å². The number of furan rings is 1. The zero-order valence-electron chi connectivity index (χ0n) is 24.1. The highest BCUT2D eigenvalue weighted by molar-refractivity contribution is 6.06. The molecule has 0 aliphatic carbocycles. The lowest BCUT2D eigenvalue weighted by Crippen LogP contribution is -2.21. The maximum Gasteiger partial charge on any atom is 0.137 e. The molecule has 44 heavy (non-hydrogen) atoms. The summed E-state index contributed by atoms with van der Waals surface area (Å²) in [5.74, 6) is 1.78. The first kappa shape index (κ1) is 25.9. The van der Waals surface area contributed by atoms with Gasteiger partial charge in [-0.2, -0.15) is 0 Å². The first-order valence-electron chi connectivity index (χ1n) is 14.9. The zero-order chi connectivity index (χ0) is 29.3. The van der Waals surface area contributed by atoms with E-state index in [0.29, 0.717) is 6.54 Å². The maximum atomic E-state index is 6.09. The number of aromatic nitrogens is 2. The van der Waals surface area contributed by atoms with Crippen LogP contribution < -0.4 is 4.90 Å². The van der Waals surface area contributed by atoms with Gasteiger partial charge in [0.25, 0.3) is 0 Å². The van der Waals surface area contributed by atoms with Crippen molar-refractivity contribution < 1.29 is 4.42 Å². The maximum absolute atomic E-state index is 6.09. The quantitative estimate of drug-likeness (QED) is 0.212. The minimum atomic E-state index is 0.623. The molecule has 0 atom stereocenters. The molecule has 1 aliphatic heterocycles. The molecule has 0 N–H and O–H groups in total. The third-order valence-corrected chi connectivity index (χ3v) is 8.23. The van der Waals surface area contributed by atoms with Crippen molar-refractivity contribution in [1.29, 1.82) is 0 Å². The number of para-hydroxylation sites is 1. The summed E-state index contributed by atoms with van der Waals surface area (Å²) >= 11 is 0. The number of pyridine rings is 2. The summed E-state index contributed by atoms with van der Waals surface area (Å²) in [6.45, 7) is 0.623. The molecule has 0 saturated carbocycles. The fourth-order valence-electron chi connectivity index (χ4n) is 6.02. The minimum Gasteiger partial charge on any atom is -0.456 e. The van der Waals surface area contributed by atoms with E-state index >= 15 is 0 Å². The average Bonchev–Trinajstić information content (AvgIpc) is 3.50. The van der Waals surface area contributed by atoms with Gasteiger partial charge in [0.15, 0.2) is 0 Å². The topological polar surface area (TPSA) is 42.2 Å². The van der Waals surface area contributed by atoms with Gasteiger partial charge in [-0.25, -0.2) is 9.97 Å². The van der Waals surface area contributed by atoms with E-state index in [-0.39, 0.29) is 0 Å². The van der Waals surface area contributed by atoms with Crippen LogP contribution in [-0.4, -0.2) is 16.5 Å². The van der Waals surface area contributed by atoms with Gasteiger partial charge < -0.3 is 9.32 Å². The van der Waals surface area contributed by atoms with Gasteiger partial charge in [0.2, 0.25) is 0 Å². The van der Waals surface area contributed by atoms with Gasteiger partial charge in [0, 0.05) is 29.1 Å². The molecule has 8 rings (SSSR count). The van der Waals surface area contributed by atoms with Crippen molar-refractivity contribution in [2.45, 2.75) is 6.42 Å². The Morgan fingerprint density at radius 3 is 2.25 bits per heavy atom. The van der Waals surface area contributed by atoms with Crippen LogP contribution in [0.3, 0.4) is 0 Å². The molecule has 210 valence electrons. The van der Waals surface area contributed by atoms with Crippen LogP contribution in [0.2, 0.25) is 0 Å². The molecule has 4 heteroatoms. The molecule has 4 nitrogen and oxygen atoms in total. The summed E-state index contributed by atoms with van der Waals surface area (Å²) in [4.78, 5) is 12.3. The van der Waals surface area contributed by atoms with Crippen LogP contribution >= 0.6 is 0 Å². The lowest BCUT2D eigenvalue weighted by molar-refractivity contribution is 0.669. The second-order valence-corrected chi connectivity index (χ2v) is 11.0. The number of anilines is 2. The predicted octanol–water partition coefficient (Wildman–Crippen LogP) is 10.0. The molecule has 0 saturated heterocycles. The van der Waals surface area contributed by atoms with E-state index in [2.05, 4.69) is 120 Å². The second kappa shape index (κ2) is 11.2. The van der Waals surface area contributed by atoms with Gasteiger partial charge in [0.05, 0.1) is 5.69 Å². The van der Waals surface area contributed by atoms with E-state index in [4.69, 9.17) is 14.4 Å². The first-order chi connectivity index (χ1) is 21.8. The normalized spacial score (nSPS) is 14.5. The lowest BCUT2D eigenvalue weighted by Gasteiger charge is -2.24. The monoisotopic (exact) mass is 567 g/mol. The SMILES string of the molecule is C1=C/C(c2ccc3oc4ccccc4c3c2)=C\Cc2cccnc2N(c2cc(-c3ccccc3)cc(-c3ccccc3)n2)C1. The summed E-state index contributed by atoms with van der Waals surface area (Å²) in [6, 6.07) is 44.1. The third kappa shape index (κ3) is 4.87. The van der Waals surface area contributed by atoms with Gasteiger partial charge in [-0.05, 0) is 70.6 Å². The van der Waals surface area contributed by atoms with E-state index in [1.54, 1.807) is 0 Å². The van der Waals surface area contributed by atoms with Crippen molar-refractivity contribution >= 4 is 39.1 Å². The van der Waals surface area contributed by atoms with Crippen molar-refractivity contribution in [3.05, 3.63) is 163 Å². The third-order valence-electron chi connectivity index (χ3n) is 8.23. The molecule has 0 fully saturated rings. The molecule has 3 aromatic heterocycles. The molecule has 1 aliphatic rings. The van der Waals surface area contributed by atoms with Crippen molar-refractivity contribution in [2.75, 3.05) is 11.4 Å². The lowest BCUT2D eigenvalue weighted by atomic mass is 10.0. The fourth-order valence-corrected chi connectivity index (χ4v) is 6.02. The molecule has 4 heterocycles. The van der Waals surface area contributed by atoms with Gasteiger partial charge >= 0.3 is 0 Å². The van der Waals surface area contributed by atoms with Crippen molar-refractivity contribution in [1.82, 2.24) is 9.97 Å². The van der Waals surface area contributed by atoms with E-state index in [9.17, 15) is 0 Å². The van der Waals surface area contributed by atoms with E-state index < -0.39 is 0 Å². The number of hydrogen-bond donors (Lipinski definition) is 0. The molecular formula is C40H29N3O. The van der Waals surface area contributed by atoms with Gasteiger partial charge in [-0.1, -0.05) is 109 Å². The largest absolute Gasteiger partial charge is 0.456 e. The molecule has 0 radical (unpaired) electrons. The van der Waals surface area contributed by atoms with Gasteiger partial charge in [0.1, 0.15) is 22.8 Å². The van der Waals surface area contributed by atoms with E-state index in [1.807, 2.05) is 36.5 Å². The Kier molecular flexibility index (Phi) is 6.58. The number of hydrogen-bond acceptors (Lipinski definition) is 4. The zero-order valence-corrected chi connectivity index (χ0v) is 24.1. The second-order valence-electron chi connectivity index (χ2n) is 11.0. The highest BCUT2D eigenvalue weighted by Gasteiger charge is 2.19. The number of allylic oxidation sites excluding steroid dienone is 3. The Morgan fingerprint density at radius 1 is 0.614 bits per heavy atom. The smallest absolute Gasteiger partial charge is 0.137 e. The number of benzene rings is 4. The van der Waals surface area contributed by atoms with Crippen LogP contribution in [0.5, 0.6) is 0 Å². The van der Waals surface area contributed by atoms with E-state index in [1.165, 1.54) is 5.57 Å². The Bertz CT molecular complexity index is 2120. The highest BCUT2D eigenvalue weighted by atomic mass is 16.3. The highest BCUT2D eigenvalue weighted by Crippen LogP contribution is 2.35. The van der Waals surface area contributed by atoms with E-state index in [0.717, 1.165) is 73.5 Å². The van der Waals surface area contributed by atoms with Crippen molar-refractivity contribution in [3.63, 3.8) is 0 Å². The summed E-state index contributed by atoms with van der Waals surface area (Å²) in [7, 11) is 0. The van der Waals surface area contributed by atoms with Crippen LogP contribution in [0.1, 0.15) is 11.1 Å². The van der Waals surface area contributed by atoms with Crippen LogP contribution in [0, 0.1) is 0 Å². The summed E-state index contributed by atoms with van der Waals surface area (Å²) in [5.41, 5.74) is 9.59. The molecule has 0 unspecified atom stereocenters. The van der Waals surface area contributed by atoms with Gasteiger partial charge in [-0.3, -0.25) is 0 Å². The van der Waals surface area contributed by atoms with Crippen molar-refractivity contribution in [3.8, 4) is 22.4 Å². The standard InChI is InChI=1S/C40H29N3O/c1-3-11-28(12-4-1)33-26-36(30-13-5-2-6-14-30)42-39(27-33)43-24-10-16-29(19-20-31-15-9-23-41-40(31)43)32-21-22-38-35(25-32)34-17-7-8-18-37(34)44-38/h1-19,21-23,25-27H,20,24H2/b16-10?,29-19+. The number of rotatable bonds is 4. The Hall–Kier alpha value is -5.74. The van der Waals surface area contributed by atoms with Gasteiger partial charge in [-0.15, -0.1) is 0 Å². The Balaban J connectivity index is 1.23. The predicted molar refractivity (Wildman–Crippen MR) is 181 cm³/mol. The minimum absolute atomic E-state index is 0.623. The van der Waals surface area contributed by atoms with Crippen LogP contribution in [0.4, 0.5) is 11.6 Å². The Labute approximate surface area is 256 Å². The van der Waals surface area contributed by atoms with Crippen LogP contribution in [-0.2, 0) is 6.42 Å². The molecule has 0 amide bonds. The average molecular weight is 568 g/mol. The molecule has 7 aromatic rings. The molecular weight excluding hydrogens is 538 g/mol. The molecule has 0 spiro atoms. The summed E-state index contributed by atoms with van der Waals surface area (Å²) in [6.07, 6.45) is 9.35. The first-order valence-corrected chi connectivity index (χ1v) is 14.9. The summed E-state index contributed by atoms with van der Waals surface area (Å²) < 4.78 is 6.09. The Morgan fingerprint density at radius 2 is 1.39 bits per heavy atom. The number of fused-ring (bicyclic) bond motifs is 4. The molecule has 4 aromatic carbocycles. The summed E-state index contributed by atoms with van der Waals surface area (Å²) in [5, 5.41) is 2.27. The fraction of sp³-hybridized carbons (Fsp3) is 0.0500.